The Labute approximate surface area is 172 Å². The first kappa shape index (κ1) is 22.0. The van der Waals surface area contributed by atoms with Crippen molar-refractivity contribution in [3.63, 3.8) is 0 Å². The molecule has 1 atom stereocenters. The van der Waals surface area contributed by atoms with Gasteiger partial charge in [-0.15, -0.1) is 0 Å². The molecule has 0 spiro atoms. The Kier molecular flexibility index (Phi) is 7.64. The van der Waals surface area contributed by atoms with Gasteiger partial charge in [-0.1, -0.05) is 54.1 Å². The lowest BCUT2D eigenvalue weighted by Gasteiger charge is -2.31. The lowest BCUT2D eigenvalue weighted by Crippen LogP contribution is -2.52. The van der Waals surface area contributed by atoms with Crippen molar-refractivity contribution < 1.29 is 9.59 Å². The van der Waals surface area contributed by atoms with Crippen LogP contribution in [0.1, 0.15) is 45.2 Å². The second kappa shape index (κ2) is 9.74. The second-order valence-corrected chi connectivity index (χ2v) is 8.49. The van der Waals surface area contributed by atoms with Gasteiger partial charge in [0.25, 0.3) is 0 Å². The quantitative estimate of drug-likeness (QED) is 0.738. The first-order chi connectivity index (χ1) is 13.2. The number of rotatable bonds is 7. The molecule has 1 unspecified atom stereocenters. The zero-order valence-corrected chi connectivity index (χ0v) is 17.8. The molecular formula is C23H29ClN2O2. The highest BCUT2D eigenvalue weighted by atomic mass is 35.5. The van der Waals surface area contributed by atoms with Crippen molar-refractivity contribution in [1.29, 1.82) is 0 Å². The molecule has 0 aliphatic heterocycles. The van der Waals surface area contributed by atoms with Crippen LogP contribution in [0.5, 0.6) is 0 Å². The van der Waals surface area contributed by atoms with E-state index >= 15 is 0 Å². The third kappa shape index (κ3) is 7.01. The summed E-state index contributed by atoms with van der Waals surface area (Å²) < 4.78 is 0. The van der Waals surface area contributed by atoms with E-state index in [4.69, 9.17) is 11.6 Å². The lowest BCUT2D eigenvalue weighted by atomic mass is 10.1. The zero-order chi connectivity index (χ0) is 20.7. The van der Waals surface area contributed by atoms with Gasteiger partial charge in [0, 0.05) is 23.5 Å². The Balaban J connectivity index is 2.16. The molecule has 150 valence electrons. The molecule has 0 fully saturated rings. The van der Waals surface area contributed by atoms with Gasteiger partial charge in [0.2, 0.25) is 11.8 Å². The van der Waals surface area contributed by atoms with Crippen LogP contribution in [0.15, 0.2) is 54.6 Å². The third-order valence-corrected chi connectivity index (χ3v) is 4.61. The van der Waals surface area contributed by atoms with E-state index in [2.05, 4.69) is 5.32 Å². The fraction of sp³-hybridized carbons (Fsp3) is 0.391. The van der Waals surface area contributed by atoms with Crippen LogP contribution in [-0.2, 0) is 22.6 Å². The Morgan fingerprint density at radius 1 is 1.04 bits per heavy atom. The summed E-state index contributed by atoms with van der Waals surface area (Å²) in [4.78, 5) is 27.4. The number of benzene rings is 2. The molecule has 0 saturated heterocycles. The fourth-order valence-corrected chi connectivity index (χ4v) is 3.14. The molecule has 2 aromatic carbocycles. The van der Waals surface area contributed by atoms with Gasteiger partial charge in [-0.2, -0.15) is 0 Å². The molecule has 2 rings (SSSR count). The summed E-state index contributed by atoms with van der Waals surface area (Å²) in [6, 6.07) is 16.7. The fourth-order valence-electron chi connectivity index (χ4n) is 2.93. The van der Waals surface area contributed by atoms with Gasteiger partial charge in [-0.3, -0.25) is 9.59 Å². The van der Waals surface area contributed by atoms with Crippen molar-refractivity contribution >= 4 is 23.4 Å². The van der Waals surface area contributed by atoms with Gasteiger partial charge < -0.3 is 10.2 Å². The predicted molar refractivity (Wildman–Crippen MR) is 114 cm³/mol. The third-order valence-electron chi connectivity index (χ3n) is 4.38. The number of halogens is 1. The van der Waals surface area contributed by atoms with Crippen LogP contribution in [-0.4, -0.2) is 28.3 Å². The first-order valence-corrected chi connectivity index (χ1v) is 9.93. The molecule has 0 radical (unpaired) electrons. The molecule has 0 aliphatic rings. The van der Waals surface area contributed by atoms with Gasteiger partial charge in [-0.05, 0) is 57.4 Å². The second-order valence-electron chi connectivity index (χ2n) is 8.05. The first-order valence-electron chi connectivity index (χ1n) is 9.55. The summed E-state index contributed by atoms with van der Waals surface area (Å²) in [5.41, 5.74) is 1.64. The highest BCUT2D eigenvalue weighted by molar-refractivity contribution is 6.30. The summed E-state index contributed by atoms with van der Waals surface area (Å²) in [5, 5.41) is 3.58. The van der Waals surface area contributed by atoms with Crippen LogP contribution in [0.25, 0.3) is 0 Å². The van der Waals surface area contributed by atoms with E-state index in [1.165, 1.54) is 0 Å². The van der Waals surface area contributed by atoms with Crippen LogP contribution in [0.4, 0.5) is 0 Å². The minimum absolute atomic E-state index is 0.0552. The molecule has 28 heavy (non-hydrogen) atoms. The molecule has 4 nitrogen and oxygen atoms in total. The lowest BCUT2D eigenvalue weighted by molar-refractivity contribution is -0.141. The van der Waals surface area contributed by atoms with Gasteiger partial charge in [0.05, 0.1) is 0 Å². The largest absolute Gasteiger partial charge is 0.350 e. The van der Waals surface area contributed by atoms with Gasteiger partial charge in [0.15, 0.2) is 0 Å². The van der Waals surface area contributed by atoms with E-state index in [-0.39, 0.29) is 17.4 Å². The highest BCUT2D eigenvalue weighted by Gasteiger charge is 2.28. The summed E-state index contributed by atoms with van der Waals surface area (Å²) in [6.07, 6.45) is 0.983. The molecular weight excluding hydrogens is 372 g/mol. The minimum Gasteiger partial charge on any atom is -0.350 e. The maximum Gasteiger partial charge on any atom is 0.242 e. The Bertz CT molecular complexity index is 800. The van der Waals surface area contributed by atoms with Crippen molar-refractivity contribution in [1.82, 2.24) is 10.2 Å². The normalized spacial score (nSPS) is 12.3. The molecule has 0 aliphatic carbocycles. The molecule has 0 heterocycles. The van der Waals surface area contributed by atoms with E-state index in [9.17, 15) is 9.59 Å². The van der Waals surface area contributed by atoms with Crippen molar-refractivity contribution in [2.45, 2.75) is 58.7 Å². The van der Waals surface area contributed by atoms with Crippen LogP contribution >= 0.6 is 11.6 Å². The van der Waals surface area contributed by atoms with E-state index < -0.39 is 6.04 Å². The number of nitrogens with one attached hydrogen (secondary N) is 1. The smallest absolute Gasteiger partial charge is 0.242 e. The van der Waals surface area contributed by atoms with E-state index in [0.29, 0.717) is 24.4 Å². The van der Waals surface area contributed by atoms with E-state index in [1.807, 2.05) is 69.3 Å². The molecule has 0 bridgehead atoms. The standard InChI is InChI=1S/C23H29ClN2O2/c1-17(22(28)25-23(2,3)4)26(16-19-11-8-12-20(24)15-19)21(27)14-13-18-9-6-5-7-10-18/h5-12,15,17H,13-14,16H2,1-4H3,(H,25,28). The minimum atomic E-state index is -0.582. The average molecular weight is 401 g/mol. The zero-order valence-electron chi connectivity index (χ0n) is 17.0. The summed E-state index contributed by atoms with van der Waals surface area (Å²) in [5.74, 6) is -0.219. The SMILES string of the molecule is CC(C(=O)NC(C)(C)C)N(Cc1cccc(Cl)c1)C(=O)CCc1ccccc1. The molecule has 1 N–H and O–H groups in total. The predicted octanol–water partition coefficient (Wildman–Crippen LogP) is 4.60. The van der Waals surface area contributed by atoms with Crippen molar-refractivity contribution in [2.24, 2.45) is 0 Å². The summed E-state index contributed by atoms with van der Waals surface area (Å²) in [6.45, 7) is 7.89. The number of aryl methyl sites for hydroxylation is 1. The molecule has 0 aromatic heterocycles. The molecule has 0 saturated carbocycles. The number of nitrogens with zero attached hydrogens (tertiary/aromatic N) is 1. The highest BCUT2D eigenvalue weighted by Crippen LogP contribution is 2.17. The molecule has 5 heteroatoms. The van der Waals surface area contributed by atoms with Crippen LogP contribution in [0, 0.1) is 0 Å². The molecule has 2 amide bonds. The van der Waals surface area contributed by atoms with Crippen LogP contribution in [0.2, 0.25) is 5.02 Å². The van der Waals surface area contributed by atoms with Crippen LogP contribution < -0.4 is 5.32 Å². The Morgan fingerprint density at radius 3 is 2.29 bits per heavy atom. The Morgan fingerprint density at radius 2 is 1.68 bits per heavy atom. The van der Waals surface area contributed by atoms with Gasteiger partial charge in [-0.25, -0.2) is 0 Å². The number of amides is 2. The van der Waals surface area contributed by atoms with Gasteiger partial charge >= 0.3 is 0 Å². The topological polar surface area (TPSA) is 49.4 Å². The number of carbonyl (C=O) groups is 2. The molecule has 2 aromatic rings. The van der Waals surface area contributed by atoms with Crippen molar-refractivity contribution in [3.05, 3.63) is 70.7 Å². The van der Waals surface area contributed by atoms with E-state index in [0.717, 1.165) is 11.1 Å². The number of hydrogen-bond donors (Lipinski definition) is 1. The van der Waals surface area contributed by atoms with E-state index in [1.54, 1.807) is 17.9 Å². The van der Waals surface area contributed by atoms with Crippen molar-refractivity contribution in [3.8, 4) is 0 Å². The van der Waals surface area contributed by atoms with Crippen LogP contribution in [0.3, 0.4) is 0 Å². The Hall–Kier alpha value is -2.33. The van der Waals surface area contributed by atoms with Gasteiger partial charge in [0.1, 0.15) is 6.04 Å². The maximum absolute atomic E-state index is 13.0. The maximum atomic E-state index is 13.0. The average Bonchev–Trinajstić information content (AvgIpc) is 2.63. The summed E-state index contributed by atoms with van der Waals surface area (Å²) in [7, 11) is 0. The summed E-state index contributed by atoms with van der Waals surface area (Å²) >= 11 is 6.10. The monoisotopic (exact) mass is 400 g/mol. The number of carbonyl (C=O) groups excluding carboxylic acids is 2. The number of hydrogen-bond acceptors (Lipinski definition) is 2. The van der Waals surface area contributed by atoms with Crippen molar-refractivity contribution in [2.75, 3.05) is 0 Å².